The third-order valence-corrected chi connectivity index (χ3v) is 1.90. The van der Waals surface area contributed by atoms with E-state index >= 15 is 0 Å². The number of rotatable bonds is 7. The van der Waals surface area contributed by atoms with Crippen molar-refractivity contribution in [1.82, 2.24) is 9.97 Å². The molecule has 0 spiro atoms. The Morgan fingerprint density at radius 3 is 2.50 bits per heavy atom. The van der Waals surface area contributed by atoms with Crippen LogP contribution >= 0.6 is 0 Å². The Balaban J connectivity index is 2.43. The fourth-order valence-corrected chi connectivity index (χ4v) is 1.12. The van der Waals surface area contributed by atoms with Gasteiger partial charge in [-0.3, -0.25) is 4.79 Å². The lowest BCUT2D eigenvalue weighted by molar-refractivity contribution is -0.117. The summed E-state index contributed by atoms with van der Waals surface area (Å²) in [5.41, 5.74) is 5.03. The summed E-state index contributed by atoms with van der Waals surface area (Å²) in [6.07, 6.45) is 2.81. The predicted octanol–water partition coefficient (Wildman–Crippen LogP) is 0.586. The second-order valence-corrected chi connectivity index (χ2v) is 3.36. The summed E-state index contributed by atoms with van der Waals surface area (Å²) in [5, 5.41) is 6.15. The van der Waals surface area contributed by atoms with E-state index in [0.29, 0.717) is 18.8 Å². The van der Waals surface area contributed by atoms with Crippen molar-refractivity contribution in [1.29, 1.82) is 0 Å². The van der Waals surface area contributed by atoms with Crippen LogP contribution in [0.3, 0.4) is 0 Å². The van der Waals surface area contributed by atoms with E-state index < -0.39 is 0 Å². The molecular formula is C10H17N5O. The highest BCUT2D eigenvalue weighted by atomic mass is 16.1. The molecule has 0 saturated carbocycles. The van der Waals surface area contributed by atoms with Gasteiger partial charge >= 0.3 is 0 Å². The van der Waals surface area contributed by atoms with Crippen LogP contribution < -0.4 is 16.4 Å². The van der Waals surface area contributed by atoms with Crippen molar-refractivity contribution in [3.05, 3.63) is 12.4 Å². The van der Waals surface area contributed by atoms with Crippen LogP contribution in [0.15, 0.2) is 12.4 Å². The first kappa shape index (κ1) is 12.2. The maximum atomic E-state index is 10.5. The molecule has 0 aromatic carbocycles. The topological polar surface area (TPSA) is 92.9 Å². The van der Waals surface area contributed by atoms with Gasteiger partial charge in [0.1, 0.15) is 18.0 Å². The van der Waals surface area contributed by atoms with E-state index in [1.807, 2.05) is 0 Å². The summed E-state index contributed by atoms with van der Waals surface area (Å²) in [7, 11) is 0. The molecule has 0 aliphatic carbocycles. The fourth-order valence-electron chi connectivity index (χ4n) is 1.12. The first-order chi connectivity index (χ1) is 7.72. The van der Waals surface area contributed by atoms with Gasteiger partial charge in [0.05, 0.1) is 0 Å². The van der Waals surface area contributed by atoms with Crippen molar-refractivity contribution < 1.29 is 4.79 Å². The normalized spacial score (nSPS) is 9.81. The number of hydrogen-bond acceptors (Lipinski definition) is 5. The molecule has 0 aliphatic rings. The number of carbonyl (C=O) groups is 1. The zero-order valence-corrected chi connectivity index (χ0v) is 9.36. The number of anilines is 2. The van der Waals surface area contributed by atoms with Crippen molar-refractivity contribution in [3.8, 4) is 0 Å². The molecule has 6 nitrogen and oxygen atoms in total. The third kappa shape index (κ3) is 4.59. The van der Waals surface area contributed by atoms with Crippen molar-refractivity contribution in [2.24, 2.45) is 5.73 Å². The van der Waals surface area contributed by atoms with Gasteiger partial charge < -0.3 is 16.4 Å². The van der Waals surface area contributed by atoms with E-state index in [4.69, 9.17) is 5.73 Å². The highest BCUT2D eigenvalue weighted by Gasteiger charge is 1.98. The molecule has 1 heterocycles. The second-order valence-electron chi connectivity index (χ2n) is 3.36. The van der Waals surface area contributed by atoms with Crippen LogP contribution in [0, 0.1) is 0 Å². The van der Waals surface area contributed by atoms with Gasteiger partial charge in [0.15, 0.2) is 0 Å². The van der Waals surface area contributed by atoms with E-state index in [1.165, 1.54) is 6.33 Å². The van der Waals surface area contributed by atoms with Gasteiger partial charge in [-0.15, -0.1) is 0 Å². The number of nitrogens with zero attached hydrogens (tertiary/aromatic N) is 2. The van der Waals surface area contributed by atoms with Gasteiger partial charge in [-0.2, -0.15) is 0 Å². The highest BCUT2D eigenvalue weighted by molar-refractivity contribution is 5.74. The van der Waals surface area contributed by atoms with Gasteiger partial charge in [-0.05, 0) is 6.42 Å². The largest absolute Gasteiger partial charge is 0.370 e. The molecule has 1 aromatic rings. The van der Waals surface area contributed by atoms with E-state index in [0.717, 1.165) is 18.8 Å². The molecule has 0 atom stereocenters. The summed E-state index contributed by atoms with van der Waals surface area (Å²) >= 11 is 0. The summed E-state index contributed by atoms with van der Waals surface area (Å²) < 4.78 is 0. The van der Waals surface area contributed by atoms with Gasteiger partial charge in [0.2, 0.25) is 5.91 Å². The lowest BCUT2D eigenvalue weighted by Gasteiger charge is -2.06. The van der Waals surface area contributed by atoms with Crippen molar-refractivity contribution in [3.63, 3.8) is 0 Å². The molecule has 0 radical (unpaired) electrons. The molecule has 16 heavy (non-hydrogen) atoms. The van der Waals surface area contributed by atoms with E-state index in [9.17, 15) is 4.79 Å². The van der Waals surface area contributed by atoms with Crippen LogP contribution in [-0.2, 0) is 4.79 Å². The molecule has 6 heteroatoms. The Morgan fingerprint density at radius 1 is 1.31 bits per heavy atom. The van der Waals surface area contributed by atoms with Crippen molar-refractivity contribution in [2.75, 3.05) is 23.7 Å². The Bertz CT molecular complexity index is 342. The predicted molar refractivity (Wildman–Crippen MR) is 63.1 cm³/mol. The number of nitrogens with two attached hydrogens (primary N) is 1. The highest BCUT2D eigenvalue weighted by Crippen LogP contribution is 2.08. The second kappa shape index (κ2) is 6.60. The minimum absolute atomic E-state index is 0.293. The van der Waals surface area contributed by atoms with E-state index in [1.54, 1.807) is 6.07 Å². The molecule has 88 valence electrons. The zero-order chi connectivity index (χ0) is 11.8. The number of amides is 1. The molecule has 0 fully saturated rings. The maximum absolute atomic E-state index is 10.5. The summed E-state index contributed by atoms with van der Waals surface area (Å²) in [6.45, 7) is 3.44. The molecule has 0 saturated heterocycles. The maximum Gasteiger partial charge on any atom is 0.219 e. The quantitative estimate of drug-likeness (QED) is 0.629. The first-order valence-electron chi connectivity index (χ1n) is 5.30. The van der Waals surface area contributed by atoms with Gasteiger partial charge in [-0.1, -0.05) is 6.92 Å². The van der Waals surface area contributed by atoms with Crippen LogP contribution in [0.1, 0.15) is 19.8 Å². The molecule has 1 amide bonds. The molecule has 1 aromatic heterocycles. The fraction of sp³-hybridized carbons (Fsp3) is 0.500. The van der Waals surface area contributed by atoms with E-state index in [-0.39, 0.29) is 5.91 Å². The lowest BCUT2D eigenvalue weighted by atomic mass is 10.4. The standard InChI is InChI=1S/C10H17N5O/c1-2-4-12-9-6-10(15-7-14-9)13-5-3-8(11)16/h6-7H,2-5H2,1H3,(H2,11,16)(H2,12,13,14,15). The Morgan fingerprint density at radius 2 is 1.94 bits per heavy atom. The number of nitrogens with one attached hydrogen (secondary N) is 2. The molecule has 1 rings (SSSR count). The average Bonchev–Trinajstić information content (AvgIpc) is 2.26. The molecule has 4 N–H and O–H groups in total. The average molecular weight is 223 g/mol. The van der Waals surface area contributed by atoms with Crippen molar-refractivity contribution in [2.45, 2.75) is 19.8 Å². The monoisotopic (exact) mass is 223 g/mol. The zero-order valence-electron chi connectivity index (χ0n) is 9.36. The minimum Gasteiger partial charge on any atom is -0.370 e. The minimum atomic E-state index is -0.328. The molecular weight excluding hydrogens is 206 g/mol. The Kier molecular flexibility index (Phi) is 5.04. The van der Waals surface area contributed by atoms with Crippen molar-refractivity contribution >= 4 is 17.5 Å². The van der Waals surface area contributed by atoms with Crippen LogP contribution in [0.25, 0.3) is 0 Å². The molecule has 0 bridgehead atoms. The third-order valence-electron chi connectivity index (χ3n) is 1.90. The van der Waals surface area contributed by atoms with E-state index in [2.05, 4.69) is 27.5 Å². The van der Waals surface area contributed by atoms with Crippen LogP contribution in [0.2, 0.25) is 0 Å². The van der Waals surface area contributed by atoms with Crippen LogP contribution in [0.4, 0.5) is 11.6 Å². The van der Waals surface area contributed by atoms with Gasteiger partial charge in [0.25, 0.3) is 0 Å². The molecule has 0 unspecified atom stereocenters. The molecule has 0 aliphatic heterocycles. The Hall–Kier alpha value is -1.85. The smallest absolute Gasteiger partial charge is 0.219 e. The van der Waals surface area contributed by atoms with Gasteiger partial charge in [0, 0.05) is 25.6 Å². The van der Waals surface area contributed by atoms with Crippen LogP contribution in [-0.4, -0.2) is 29.0 Å². The number of hydrogen-bond donors (Lipinski definition) is 3. The first-order valence-corrected chi connectivity index (χ1v) is 5.30. The lowest BCUT2D eigenvalue weighted by Crippen LogP contribution is -2.16. The summed E-state index contributed by atoms with van der Waals surface area (Å²) in [6, 6.07) is 1.80. The summed E-state index contributed by atoms with van der Waals surface area (Å²) in [4.78, 5) is 18.6. The number of aromatic nitrogens is 2. The summed E-state index contributed by atoms with van der Waals surface area (Å²) in [5.74, 6) is 1.14. The SMILES string of the molecule is CCCNc1cc(NCCC(N)=O)ncn1. The van der Waals surface area contributed by atoms with Crippen LogP contribution in [0.5, 0.6) is 0 Å². The number of carbonyl (C=O) groups excluding carboxylic acids is 1. The Labute approximate surface area is 94.7 Å². The number of primary amides is 1. The van der Waals surface area contributed by atoms with Gasteiger partial charge in [-0.25, -0.2) is 9.97 Å².